The molecule has 8 nitrogen and oxygen atoms in total. The number of nitrogens with two attached hydrogens (primary N) is 1. The minimum atomic E-state index is -0.333. The highest BCUT2D eigenvalue weighted by atomic mass is 16.3. The van der Waals surface area contributed by atoms with E-state index in [-0.39, 0.29) is 11.7 Å². The van der Waals surface area contributed by atoms with E-state index >= 15 is 0 Å². The van der Waals surface area contributed by atoms with E-state index in [0.29, 0.717) is 5.75 Å². The fourth-order valence-corrected chi connectivity index (χ4v) is 3.11. The van der Waals surface area contributed by atoms with Crippen molar-refractivity contribution in [3.63, 3.8) is 0 Å². The SMILES string of the molecule is CC(N)=O.CCCNc1cc(O)ccc1C.Cc1cnn2c(C)cc(-c3ccccc3O)nc12. The number of aromatic nitrogens is 3. The van der Waals surface area contributed by atoms with E-state index in [1.165, 1.54) is 12.5 Å². The number of benzene rings is 2. The minimum Gasteiger partial charge on any atom is -0.508 e. The number of carbonyl (C=O) groups is 1. The number of rotatable bonds is 4. The number of anilines is 1. The first kappa shape index (κ1) is 26.2. The van der Waals surface area contributed by atoms with Gasteiger partial charge >= 0.3 is 0 Å². The van der Waals surface area contributed by atoms with Gasteiger partial charge in [0.1, 0.15) is 11.5 Å². The van der Waals surface area contributed by atoms with Gasteiger partial charge in [-0.1, -0.05) is 25.1 Å². The summed E-state index contributed by atoms with van der Waals surface area (Å²) in [6, 6.07) is 14.5. The van der Waals surface area contributed by atoms with Crippen LogP contribution in [0.3, 0.4) is 0 Å². The summed E-state index contributed by atoms with van der Waals surface area (Å²) < 4.78 is 1.80. The fraction of sp³-hybridized carbons (Fsp3) is 0.269. The van der Waals surface area contributed by atoms with Crippen LogP contribution in [-0.2, 0) is 4.79 Å². The second-order valence-corrected chi connectivity index (χ2v) is 7.90. The number of primary amides is 1. The highest BCUT2D eigenvalue weighted by Crippen LogP contribution is 2.28. The van der Waals surface area contributed by atoms with Crippen molar-refractivity contribution >= 4 is 17.2 Å². The third-order valence-corrected chi connectivity index (χ3v) is 4.79. The van der Waals surface area contributed by atoms with Gasteiger partial charge in [0, 0.05) is 42.0 Å². The maximum atomic E-state index is 9.88. The maximum absolute atomic E-state index is 9.88. The van der Waals surface area contributed by atoms with Crippen LogP contribution in [0.5, 0.6) is 11.5 Å². The van der Waals surface area contributed by atoms with Gasteiger partial charge in [0.15, 0.2) is 5.65 Å². The van der Waals surface area contributed by atoms with Crippen LogP contribution in [0, 0.1) is 20.8 Å². The topological polar surface area (TPSA) is 126 Å². The Morgan fingerprint density at radius 1 is 1.06 bits per heavy atom. The molecule has 34 heavy (non-hydrogen) atoms. The normalized spacial score (nSPS) is 10.0. The molecule has 0 saturated heterocycles. The van der Waals surface area contributed by atoms with Crippen molar-refractivity contribution in [3.05, 3.63) is 71.5 Å². The molecule has 2 heterocycles. The summed E-state index contributed by atoms with van der Waals surface area (Å²) >= 11 is 0. The number of phenolic OH excluding ortho intramolecular Hbond substituents is 2. The Morgan fingerprint density at radius 2 is 1.74 bits per heavy atom. The molecule has 0 spiro atoms. The molecule has 2 aromatic carbocycles. The number of carbonyl (C=O) groups excluding carboxylic acids is 1. The van der Waals surface area contributed by atoms with Crippen LogP contribution in [0.15, 0.2) is 54.7 Å². The summed E-state index contributed by atoms with van der Waals surface area (Å²) in [7, 11) is 0. The van der Waals surface area contributed by atoms with Gasteiger partial charge in [-0.3, -0.25) is 4.79 Å². The minimum absolute atomic E-state index is 0.242. The molecule has 180 valence electrons. The van der Waals surface area contributed by atoms with Crippen LogP contribution >= 0.6 is 0 Å². The largest absolute Gasteiger partial charge is 0.508 e. The van der Waals surface area contributed by atoms with Gasteiger partial charge in [-0.2, -0.15) is 5.10 Å². The Balaban J connectivity index is 0.000000221. The van der Waals surface area contributed by atoms with Crippen molar-refractivity contribution in [3.8, 4) is 22.8 Å². The summed E-state index contributed by atoms with van der Waals surface area (Å²) in [6.45, 7) is 10.3. The lowest BCUT2D eigenvalue weighted by atomic mass is 10.1. The maximum Gasteiger partial charge on any atom is 0.214 e. The Hall–Kier alpha value is -4.07. The Kier molecular flexibility index (Phi) is 9.43. The van der Waals surface area contributed by atoms with Crippen molar-refractivity contribution in [2.75, 3.05) is 11.9 Å². The van der Waals surface area contributed by atoms with Gasteiger partial charge < -0.3 is 21.3 Å². The van der Waals surface area contributed by atoms with Crippen molar-refractivity contribution in [1.82, 2.24) is 14.6 Å². The number of hydrogen-bond donors (Lipinski definition) is 4. The monoisotopic (exact) mass is 463 g/mol. The summed E-state index contributed by atoms with van der Waals surface area (Å²) in [5.74, 6) is 0.227. The number of nitrogens with zero attached hydrogens (tertiary/aromatic N) is 3. The number of aryl methyl sites for hydroxylation is 3. The Labute approximate surface area is 200 Å². The fourth-order valence-electron chi connectivity index (χ4n) is 3.11. The van der Waals surface area contributed by atoms with E-state index in [0.717, 1.165) is 46.8 Å². The summed E-state index contributed by atoms with van der Waals surface area (Å²) in [5, 5.41) is 26.6. The van der Waals surface area contributed by atoms with Crippen LogP contribution in [0.4, 0.5) is 5.69 Å². The van der Waals surface area contributed by atoms with Crippen LogP contribution in [0.25, 0.3) is 16.9 Å². The molecule has 0 saturated carbocycles. The predicted molar refractivity (Wildman–Crippen MR) is 136 cm³/mol. The molecule has 0 aliphatic carbocycles. The first-order chi connectivity index (χ1) is 16.1. The number of hydrogen-bond acceptors (Lipinski definition) is 6. The molecule has 1 amide bonds. The van der Waals surface area contributed by atoms with E-state index in [9.17, 15) is 15.0 Å². The Morgan fingerprint density at radius 3 is 2.38 bits per heavy atom. The molecular weight excluding hydrogens is 430 g/mol. The number of aromatic hydroxyl groups is 2. The second-order valence-electron chi connectivity index (χ2n) is 7.90. The van der Waals surface area contributed by atoms with Crippen molar-refractivity contribution < 1.29 is 15.0 Å². The average Bonchev–Trinajstić information content (AvgIpc) is 3.16. The van der Waals surface area contributed by atoms with Crippen molar-refractivity contribution in [2.45, 2.75) is 41.0 Å². The predicted octanol–water partition coefficient (Wildman–Crippen LogP) is 4.73. The van der Waals surface area contributed by atoms with Gasteiger partial charge in [-0.15, -0.1) is 0 Å². The molecule has 2 aromatic heterocycles. The molecule has 0 aliphatic rings. The molecule has 0 unspecified atom stereocenters. The number of amides is 1. The first-order valence-electron chi connectivity index (χ1n) is 11.0. The quantitative estimate of drug-likeness (QED) is 0.347. The van der Waals surface area contributed by atoms with Crippen LogP contribution in [-0.4, -0.2) is 37.3 Å². The molecular formula is C26H33N5O3. The van der Waals surface area contributed by atoms with E-state index in [1.54, 1.807) is 35.0 Å². The van der Waals surface area contributed by atoms with Crippen LogP contribution < -0.4 is 11.1 Å². The molecule has 4 aromatic rings. The van der Waals surface area contributed by atoms with Gasteiger partial charge in [-0.25, -0.2) is 9.50 Å². The van der Waals surface area contributed by atoms with E-state index < -0.39 is 0 Å². The average molecular weight is 464 g/mol. The zero-order chi connectivity index (χ0) is 25.3. The zero-order valence-electron chi connectivity index (χ0n) is 20.3. The zero-order valence-corrected chi connectivity index (χ0v) is 20.3. The molecule has 0 radical (unpaired) electrons. The standard InChI is InChI=1S/C14H13N3O.C10H15NO.C2H5NO/c1-9-8-15-17-10(2)7-12(16-14(9)17)11-5-3-4-6-13(11)18;1-3-6-11-10-7-9(12)5-4-8(10)2;1-2(3)4/h3-8,18H,1-2H3;4-5,7,11-12H,3,6H2,1-2H3;1H3,(H2,3,4). The molecule has 5 N–H and O–H groups in total. The Bertz CT molecular complexity index is 1250. The lowest BCUT2D eigenvalue weighted by Gasteiger charge is -2.08. The summed E-state index contributed by atoms with van der Waals surface area (Å²) in [4.78, 5) is 13.8. The smallest absolute Gasteiger partial charge is 0.214 e. The molecule has 0 fully saturated rings. The van der Waals surface area contributed by atoms with Crippen molar-refractivity contribution in [1.29, 1.82) is 0 Å². The lowest BCUT2D eigenvalue weighted by Crippen LogP contribution is -2.01. The number of para-hydroxylation sites is 1. The second kappa shape index (κ2) is 12.2. The van der Waals surface area contributed by atoms with Gasteiger partial charge in [0.2, 0.25) is 5.91 Å². The van der Waals surface area contributed by atoms with E-state index in [4.69, 9.17) is 0 Å². The number of phenols is 2. The van der Waals surface area contributed by atoms with Gasteiger partial charge in [0.05, 0.1) is 11.9 Å². The highest BCUT2D eigenvalue weighted by Gasteiger charge is 2.10. The van der Waals surface area contributed by atoms with E-state index in [1.807, 2.05) is 45.0 Å². The highest BCUT2D eigenvalue weighted by molar-refractivity contribution is 5.70. The number of nitrogens with one attached hydrogen (secondary N) is 1. The van der Waals surface area contributed by atoms with Crippen LogP contribution in [0.1, 0.15) is 37.1 Å². The van der Waals surface area contributed by atoms with E-state index in [2.05, 4.69) is 28.1 Å². The third kappa shape index (κ3) is 7.23. The molecule has 0 aliphatic heterocycles. The van der Waals surface area contributed by atoms with Crippen LogP contribution in [0.2, 0.25) is 0 Å². The summed E-state index contributed by atoms with van der Waals surface area (Å²) in [6.07, 6.45) is 2.89. The molecule has 8 heteroatoms. The lowest BCUT2D eigenvalue weighted by molar-refractivity contribution is -0.115. The molecule has 0 bridgehead atoms. The third-order valence-electron chi connectivity index (χ3n) is 4.79. The molecule has 0 atom stereocenters. The van der Waals surface area contributed by atoms with Gasteiger partial charge in [0.25, 0.3) is 0 Å². The van der Waals surface area contributed by atoms with Crippen molar-refractivity contribution in [2.24, 2.45) is 5.73 Å². The first-order valence-corrected chi connectivity index (χ1v) is 11.0. The number of fused-ring (bicyclic) bond motifs is 1. The molecule has 4 rings (SSSR count). The summed E-state index contributed by atoms with van der Waals surface area (Å²) in [5.41, 5.74) is 11.0. The van der Waals surface area contributed by atoms with Gasteiger partial charge in [-0.05, 0) is 57.0 Å².